The molecular formula is C12H12N2OS2. The summed E-state index contributed by atoms with van der Waals surface area (Å²) >= 11 is 3.15. The van der Waals surface area contributed by atoms with Gasteiger partial charge in [-0.3, -0.25) is 4.79 Å². The molecule has 0 bridgehead atoms. The molecule has 3 nitrogen and oxygen atoms in total. The zero-order chi connectivity index (χ0) is 11.7. The van der Waals surface area contributed by atoms with Crippen LogP contribution >= 0.6 is 22.7 Å². The van der Waals surface area contributed by atoms with Gasteiger partial charge in [0.25, 0.3) is 5.91 Å². The lowest BCUT2D eigenvalue weighted by Crippen LogP contribution is -2.30. The number of amides is 1. The standard InChI is InChI=1S/C12H12N2OS2/c15-12(10-7-17-8-13-10)14-4-1-2-11(14)9-3-5-16-6-9/h3,5-8,11H,1-2,4H2. The molecule has 1 aliphatic heterocycles. The Balaban J connectivity index is 1.85. The molecule has 1 amide bonds. The van der Waals surface area contributed by atoms with Crippen molar-refractivity contribution in [3.8, 4) is 0 Å². The van der Waals surface area contributed by atoms with E-state index in [0.717, 1.165) is 19.4 Å². The summed E-state index contributed by atoms with van der Waals surface area (Å²) in [5.74, 6) is 0.0694. The van der Waals surface area contributed by atoms with Crippen molar-refractivity contribution < 1.29 is 4.79 Å². The molecule has 0 N–H and O–H groups in total. The number of likely N-dealkylation sites (tertiary alicyclic amines) is 1. The van der Waals surface area contributed by atoms with Crippen molar-refractivity contribution in [2.75, 3.05) is 6.54 Å². The van der Waals surface area contributed by atoms with Gasteiger partial charge in [-0.2, -0.15) is 11.3 Å². The lowest BCUT2D eigenvalue weighted by Gasteiger charge is -2.23. The molecule has 0 saturated carbocycles. The molecule has 2 aromatic heterocycles. The van der Waals surface area contributed by atoms with Crippen molar-refractivity contribution in [3.63, 3.8) is 0 Å². The maximum absolute atomic E-state index is 12.3. The first-order chi connectivity index (χ1) is 8.36. The van der Waals surface area contributed by atoms with Gasteiger partial charge in [0.05, 0.1) is 11.6 Å². The smallest absolute Gasteiger partial charge is 0.273 e. The van der Waals surface area contributed by atoms with Crippen LogP contribution in [0.15, 0.2) is 27.7 Å². The van der Waals surface area contributed by atoms with Crippen molar-refractivity contribution in [1.82, 2.24) is 9.88 Å². The molecule has 0 spiro atoms. The van der Waals surface area contributed by atoms with E-state index in [1.165, 1.54) is 16.9 Å². The van der Waals surface area contributed by atoms with Gasteiger partial charge in [0.2, 0.25) is 0 Å². The molecule has 0 radical (unpaired) electrons. The maximum Gasteiger partial charge on any atom is 0.273 e. The molecule has 1 aliphatic rings. The van der Waals surface area contributed by atoms with Crippen LogP contribution in [0.3, 0.4) is 0 Å². The van der Waals surface area contributed by atoms with E-state index in [-0.39, 0.29) is 11.9 Å². The number of hydrogen-bond acceptors (Lipinski definition) is 4. The highest BCUT2D eigenvalue weighted by Gasteiger charge is 2.31. The van der Waals surface area contributed by atoms with Gasteiger partial charge >= 0.3 is 0 Å². The van der Waals surface area contributed by atoms with E-state index in [2.05, 4.69) is 21.8 Å². The summed E-state index contributed by atoms with van der Waals surface area (Å²) in [5, 5.41) is 6.03. The van der Waals surface area contributed by atoms with E-state index in [9.17, 15) is 4.79 Å². The minimum absolute atomic E-state index is 0.0694. The van der Waals surface area contributed by atoms with Crippen molar-refractivity contribution >= 4 is 28.6 Å². The average molecular weight is 264 g/mol. The summed E-state index contributed by atoms with van der Waals surface area (Å²) in [4.78, 5) is 18.3. The third-order valence-corrected chi connectivity index (χ3v) is 4.38. The molecule has 1 fully saturated rings. The summed E-state index contributed by atoms with van der Waals surface area (Å²) in [6.45, 7) is 0.844. The number of carbonyl (C=O) groups is 1. The Morgan fingerprint density at radius 1 is 1.41 bits per heavy atom. The zero-order valence-electron chi connectivity index (χ0n) is 9.20. The van der Waals surface area contributed by atoms with Gasteiger partial charge in [0.15, 0.2) is 0 Å². The summed E-state index contributed by atoms with van der Waals surface area (Å²) in [6.07, 6.45) is 2.14. The number of aromatic nitrogens is 1. The normalized spacial score (nSPS) is 19.8. The first-order valence-corrected chi connectivity index (χ1v) is 7.46. The fourth-order valence-electron chi connectivity index (χ4n) is 2.29. The van der Waals surface area contributed by atoms with Crippen LogP contribution in [0.4, 0.5) is 0 Å². The molecule has 0 aromatic carbocycles. The molecule has 5 heteroatoms. The highest BCUT2D eigenvalue weighted by Crippen LogP contribution is 2.33. The zero-order valence-corrected chi connectivity index (χ0v) is 10.8. The average Bonchev–Trinajstić information content (AvgIpc) is 3.09. The van der Waals surface area contributed by atoms with Crippen LogP contribution in [0.1, 0.15) is 34.9 Å². The first kappa shape index (κ1) is 10.9. The summed E-state index contributed by atoms with van der Waals surface area (Å²) in [6, 6.07) is 2.36. The van der Waals surface area contributed by atoms with Crippen molar-refractivity contribution in [2.24, 2.45) is 0 Å². The Hall–Kier alpha value is -1.20. The second-order valence-electron chi connectivity index (χ2n) is 4.09. The maximum atomic E-state index is 12.3. The predicted octanol–water partition coefficient (Wildman–Crippen LogP) is 3.18. The van der Waals surface area contributed by atoms with E-state index < -0.39 is 0 Å². The molecule has 1 unspecified atom stereocenters. The first-order valence-electron chi connectivity index (χ1n) is 5.57. The predicted molar refractivity (Wildman–Crippen MR) is 69.4 cm³/mol. The minimum atomic E-state index is 0.0694. The summed E-state index contributed by atoms with van der Waals surface area (Å²) in [5.41, 5.74) is 3.55. The number of nitrogens with zero attached hydrogens (tertiary/aromatic N) is 2. The molecule has 0 aliphatic carbocycles. The molecule has 2 aromatic rings. The molecule has 3 rings (SSSR count). The van der Waals surface area contributed by atoms with Gasteiger partial charge in [-0.15, -0.1) is 11.3 Å². The molecular weight excluding hydrogens is 252 g/mol. The Kier molecular flexibility index (Phi) is 2.94. The second-order valence-corrected chi connectivity index (χ2v) is 5.59. The number of thiophene rings is 1. The summed E-state index contributed by atoms with van der Waals surface area (Å²) < 4.78 is 0. The molecule has 1 saturated heterocycles. The van der Waals surface area contributed by atoms with Crippen molar-refractivity contribution in [1.29, 1.82) is 0 Å². The van der Waals surface area contributed by atoms with E-state index in [4.69, 9.17) is 0 Å². The quantitative estimate of drug-likeness (QED) is 0.834. The molecule has 1 atom stereocenters. The van der Waals surface area contributed by atoms with E-state index in [1.54, 1.807) is 16.8 Å². The highest BCUT2D eigenvalue weighted by atomic mass is 32.1. The monoisotopic (exact) mass is 264 g/mol. The van der Waals surface area contributed by atoms with Crippen LogP contribution in [0.25, 0.3) is 0 Å². The van der Waals surface area contributed by atoms with Gasteiger partial charge in [-0.1, -0.05) is 0 Å². The molecule has 88 valence electrons. The number of hydrogen-bond donors (Lipinski definition) is 0. The van der Waals surface area contributed by atoms with Crippen LogP contribution in [0.5, 0.6) is 0 Å². The number of rotatable bonds is 2. The van der Waals surface area contributed by atoms with Crippen LogP contribution in [0.2, 0.25) is 0 Å². The Morgan fingerprint density at radius 3 is 3.06 bits per heavy atom. The molecule has 3 heterocycles. The van der Waals surface area contributed by atoms with E-state index >= 15 is 0 Å². The van der Waals surface area contributed by atoms with Gasteiger partial charge in [0.1, 0.15) is 5.69 Å². The van der Waals surface area contributed by atoms with Crippen molar-refractivity contribution in [2.45, 2.75) is 18.9 Å². The van der Waals surface area contributed by atoms with Gasteiger partial charge in [-0.25, -0.2) is 4.98 Å². The van der Waals surface area contributed by atoms with Gasteiger partial charge in [-0.05, 0) is 35.2 Å². The fraction of sp³-hybridized carbons (Fsp3) is 0.333. The lowest BCUT2D eigenvalue weighted by atomic mass is 10.1. The third kappa shape index (κ3) is 2.00. The SMILES string of the molecule is O=C(c1cscn1)N1CCCC1c1ccsc1. The van der Waals surface area contributed by atoms with Crippen LogP contribution < -0.4 is 0 Å². The minimum Gasteiger partial charge on any atom is -0.330 e. The Morgan fingerprint density at radius 2 is 2.35 bits per heavy atom. The van der Waals surface area contributed by atoms with Gasteiger partial charge < -0.3 is 4.90 Å². The Bertz CT molecular complexity index is 493. The second kappa shape index (κ2) is 4.58. The molecule has 17 heavy (non-hydrogen) atoms. The van der Waals surface area contributed by atoms with E-state index in [0.29, 0.717) is 5.69 Å². The third-order valence-electron chi connectivity index (χ3n) is 3.09. The number of carbonyl (C=O) groups excluding carboxylic acids is 1. The summed E-state index contributed by atoms with van der Waals surface area (Å²) in [7, 11) is 0. The van der Waals surface area contributed by atoms with Crippen molar-refractivity contribution in [3.05, 3.63) is 39.0 Å². The van der Waals surface area contributed by atoms with Crippen LogP contribution in [0, 0.1) is 0 Å². The van der Waals surface area contributed by atoms with Crippen LogP contribution in [-0.4, -0.2) is 22.3 Å². The fourth-order valence-corrected chi connectivity index (χ4v) is 3.52. The number of thiazole rings is 1. The van der Waals surface area contributed by atoms with E-state index in [1.807, 2.05) is 10.3 Å². The topological polar surface area (TPSA) is 33.2 Å². The van der Waals surface area contributed by atoms with Crippen LogP contribution in [-0.2, 0) is 0 Å². The lowest BCUT2D eigenvalue weighted by molar-refractivity contribution is 0.0731. The highest BCUT2D eigenvalue weighted by molar-refractivity contribution is 7.08. The largest absolute Gasteiger partial charge is 0.330 e. The van der Waals surface area contributed by atoms with Gasteiger partial charge in [0, 0.05) is 11.9 Å². The Labute approximate surface area is 108 Å².